The third-order valence-corrected chi connectivity index (χ3v) is 5.61. The average Bonchev–Trinajstić information content (AvgIpc) is 3.55. The van der Waals surface area contributed by atoms with E-state index in [0.29, 0.717) is 25.6 Å². The van der Waals surface area contributed by atoms with Crippen molar-refractivity contribution in [1.82, 2.24) is 20.4 Å². The summed E-state index contributed by atoms with van der Waals surface area (Å²) in [4.78, 5) is 4.78. The van der Waals surface area contributed by atoms with Crippen LogP contribution in [-0.4, -0.2) is 42.1 Å². The lowest BCUT2D eigenvalue weighted by Gasteiger charge is -2.17. The van der Waals surface area contributed by atoms with Crippen LogP contribution >= 0.6 is 0 Å². The summed E-state index contributed by atoms with van der Waals surface area (Å²) in [6.45, 7) is 8.47. The van der Waals surface area contributed by atoms with E-state index in [0.717, 1.165) is 54.7 Å². The van der Waals surface area contributed by atoms with Crippen LogP contribution in [0.3, 0.4) is 0 Å². The van der Waals surface area contributed by atoms with Gasteiger partial charge in [-0.2, -0.15) is 5.10 Å². The highest BCUT2D eigenvalue weighted by Crippen LogP contribution is 2.22. The predicted molar refractivity (Wildman–Crippen MR) is 131 cm³/mol. The highest BCUT2D eigenvalue weighted by atomic mass is 16.5. The number of aliphatic imine (C=N–C) groups is 1. The van der Waals surface area contributed by atoms with Crippen LogP contribution in [0.15, 0.2) is 65.9 Å². The van der Waals surface area contributed by atoms with Gasteiger partial charge in [-0.05, 0) is 55.7 Å². The Morgan fingerprint density at radius 3 is 2.94 bits per heavy atom. The Labute approximate surface area is 195 Å². The minimum absolute atomic E-state index is 0.475. The van der Waals surface area contributed by atoms with Crippen molar-refractivity contribution in [3.63, 3.8) is 0 Å². The first-order valence-electron chi connectivity index (χ1n) is 11.6. The van der Waals surface area contributed by atoms with Crippen molar-refractivity contribution in [2.45, 2.75) is 33.4 Å². The SMILES string of the molecule is CCNC(=NCc1cccc(-n2cccn2)c1)NCc1ccc(C)cc1OCC1CCOC1. The van der Waals surface area contributed by atoms with E-state index in [-0.39, 0.29) is 0 Å². The fourth-order valence-electron chi connectivity index (χ4n) is 3.77. The van der Waals surface area contributed by atoms with E-state index in [9.17, 15) is 0 Å². The number of nitrogens with one attached hydrogen (secondary N) is 2. The van der Waals surface area contributed by atoms with Gasteiger partial charge < -0.3 is 20.1 Å². The smallest absolute Gasteiger partial charge is 0.191 e. The second-order valence-corrected chi connectivity index (χ2v) is 8.32. The predicted octanol–water partition coefficient (Wildman–Crippen LogP) is 3.85. The van der Waals surface area contributed by atoms with Crippen molar-refractivity contribution in [2.24, 2.45) is 10.9 Å². The molecule has 1 saturated heterocycles. The molecule has 1 aliphatic heterocycles. The number of benzene rings is 2. The van der Waals surface area contributed by atoms with Crippen LogP contribution in [0.1, 0.15) is 30.0 Å². The van der Waals surface area contributed by atoms with Crippen LogP contribution in [0, 0.1) is 12.8 Å². The first-order valence-corrected chi connectivity index (χ1v) is 11.6. The third kappa shape index (κ3) is 6.58. The number of hydrogen-bond acceptors (Lipinski definition) is 4. The molecule has 0 amide bonds. The van der Waals surface area contributed by atoms with Gasteiger partial charge in [-0.1, -0.05) is 24.3 Å². The van der Waals surface area contributed by atoms with E-state index in [1.807, 2.05) is 29.1 Å². The molecule has 2 heterocycles. The number of nitrogens with zero attached hydrogens (tertiary/aromatic N) is 3. The largest absolute Gasteiger partial charge is 0.493 e. The maximum absolute atomic E-state index is 6.18. The van der Waals surface area contributed by atoms with Gasteiger partial charge in [0.1, 0.15) is 5.75 Å². The maximum atomic E-state index is 6.18. The lowest BCUT2D eigenvalue weighted by Crippen LogP contribution is -2.36. The number of aromatic nitrogens is 2. The fraction of sp³-hybridized carbons (Fsp3) is 0.385. The van der Waals surface area contributed by atoms with Crippen molar-refractivity contribution in [1.29, 1.82) is 0 Å². The summed E-state index contributed by atoms with van der Waals surface area (Å²) in [5, 5.41) is 11.1. The molecule has 0 saturated carbocycles. The van der Waals surface area contributed by atoms with E-state index in [1.54, 1.807) is 6.20 Å². The Balaban J connectivity index is 1.40. The topological polar surface area (TPSA) is 72.7 Å². The maximum Gasteiger partial charge on any atom is 0.191 e. The van der Waals surface area contributed by atoms with E-state index in [1.165, 1.54) is 5.56 Å². The summed E-state index contributed by atoms with van der Waals surface area (Å²) >= 11 is 0. The minimum Gasteiger partial charge on any atom is -0.493 e. The molecule has 4 rings (SSSR count). The summed E-state index contributed by atoms with van der Waals surface area (Å²) < 4.78 is 13.5. The Morgan fingerprint density at radius 1 is 1.21 bits per heavy atom. The van der Waals surface area contributed by atoms with Gasteiger partial charge in [0.25, 0.3) is 0 Å². The summed E-state index contributed by atoms with van der Waals surface area (Å²) in [5.41, 5.74) is 4.46. The van der Waals surface area contributed by atoms with Crippen LogP contribution in [0.25, 0.3) is 5.69 Å². The number of hydrogen-bond donors (Lipinski definition) is 2. The van der Waals surface area contributed by atoms with Gasteiger partial charge >= 0.3 is 0 Å². The fourth-order valence-corrected chi connectivity index (χ4v) is 3.77. The monoisotopic (exact) mass is 447 g/mol. The van der Waals surface area contributed by atoms with Crippen LogP contribution < -0.4 is 15.4 Å². The van der Waals surface area contributed by atoms with Crippen LogP contribution in [0.2, 0.25) is 0 Å². The van der Waals surface area contributed by atoms with Gasteiger partial charge in [0.15, 0.2) is 5.96 Å². The van der Waals surface area contributed by atoms with Gasteiger partial charge in [0.2, 0.25) is 0 Å². The molecule has 0 aliphatic carbocycles. The quantitative estimate of drug-likeness (QED) is 0.385. The molecule has 7 nitrogen and oxygen atoms in total. The number of aryl methyl sites for hydroxylation is 1. The molecule has 3 aromatic rings. The molecule has 7 heteroatoms. The standard InChI is InChI=1S/C26H33N5O2/c1-3-27-26(28-16-21-6-4-7-24(15-21)31-12-5-11-30-31)29-17-23-9-8-20(2)14-25(23)33-19-22-10-13-32-18-22/h4-9,11-12,14-15,22H,3,10,13,16-19H2,1-2H3,(H2,27,28,29). The first kappa shape index (κ1) is 22.9. The van der Waals surface area contributed by atoms with Crippen molar-refractivity contribution in [3.05, 3.63) is 77.6 Å². The summed E-state index contributed by atoms with van der Waals surface area (Å²) in [5.74, 6) is 2.18. The molecular formula is C26H33N5O2. The van der Waals surface area contributed by atoms with Gasteiger partial charge in [0.05, 0.1) is 25.4 Å². The summed E-state index contributed by atoms with van der Waals surface area (Å²) in [6, 6.07) is 16.5. The van der Waals surface area contributed by atoms with E-state index < -0.39 is 0 Å². The molecule has 2 N–H and O–H groups in total. The molecule has 2 aromatic carbocycles. The van der Waals surface area contributed by atoms with Crippen LogP contribution in [-0.2, 0) is 17.8 Å². The second kappa shape index (κ2) is 11.5. The van der Waals surface area contributed by atoms with Gasteiger partial charge in [-0.15, -0.1) is 0 Å². The molecule has 1 aliphatic rings. The Morgan fingerprint density at radius 2 is 2.15 bits per heavy atom. The molecule has 174 valence electrons. The van der Waals surface area contributed by atoms with Crippen molar-refractivity contribution >= 4 is 5.96 Å². The lowest BCUT2D eigenvalue weighted by atomic mass is 10.1. The van der Waals surface area contributed by atoms with Gasteiger partial charge in [0, 0.05) is 43.6 Å². The van der Waals surface area contributed by atoms with E-state index in [2.05, 4.69) is 59.9 Å². The molecule has 0 bridgehead atoms. The second-order valence-electron chi connectivity index (χ2n) is 8.32. The summed E-state index contributed by atoms with van der Waals surface area (Å²) in [7, 11) is 0. The Kier molecular flexibility index (Phi) is 7.98. The van der Waals surface area contributed by atoms with Crippen molar-refractivity contribution in [3.8, 4) is 11.4 Å². The molecule has 33 heavy (non-hydrogen) atoms. The summed E-state index contributed by atoms with van der Waals surface area (Å²) in [6.07, 6.45) is 4.79. The molecule has 1 fully saturated rings. The Hall–Kier alpha value is -3.32. The zero-order valence-electron chi connectivity index (χ0n) is 19.5. The minimum atomic E-state index is 0.475. The third-order valence-electron chi connectivity index (χ3n) is 5.61. The molecule has 0 radical (unpaired) electrons. The number of guanidine groups is 1. The van der Waals surface area contributed by atoms with Crippen molar-refractivity contribution < 1.29 is 9.47 Å². The van der Waals surface area contributed by atoms with Gasteiger partial charge in [-0.25, -0.2) is 9.67 Å². The Bertz CT molecular complexity index is 1040. The number of ether oxygens (including phenoxy) is 2. The zero-order valence-corrected chi connectivity index (χ0v) is 19.5. The highest BCUT2D eigenvalue weighted by molar-refractivity contribution is 5.79. The molecule has 1 atom stereocenters. The molecule has 1 unspecified atom stereocenters. The number of rotatable bonds is 9. The highest BCUT2D eigenvalue weighted by Gasteiger charge is 2.17. The lowest BCUT2D eigenvalue weighted by molar-refractivity contribution is 0.166. The van der Waals surface area contributed by atoms with Crippen LogP contribution in [0.4, 0.5) is 0 Å². The zero-order chi connectivity index (χ0) is 22.9. The molecule has 0 spiro atoms. The van der Waals surface area contributed by atoms with E-state index in [4.69, 9.17) is 14.5 Å². The normalized spacial score (nSPS) is 16.1. The first-order chi connectivity index (χ1) is 16.2. The van der Waals surface area contributed by atoms with Crippen LogP contribution in [0.5, 0.6) is 5.75 Å². The average molecular weight is 448 g/mol. The molecular weight excluding hydrogens is 414 g/mol. The van der Waals surface area contributed by atoms with E-state index >= 15 is 0 Å². The van der Waals surface area contributed by atoms with Gasteiger partial charge in [-0.3, -0.25) is 0 Å². The molecule has 1 aromatic heterocycles. The van der Waals surface area contributed by atoms with Crippen molar-refractivity contribution in [2.75, 3.05) is 26.4 Å².